The van der Waals surface area contributed by atoms with E-state index in [1.807, 2.05) is 0 Å². The van der Waals surface area contributed by atoms with Crippen LogP contribution in [0.5, 0.6) is 0 Å². The summed E-state index contributed by atoms with van der Waals surface area (Å²) in [6.45, 7) is 1.78. The van der Waals surface area contributed by atoms with Crippen LogP contribution >= 0.6 is 7.82 Å². The molecule has 1 aromatic heterocycles. The van der Waals surface area contributed by atoms with E-state index in [2.05, 4.69) is 9.97 Å². The SMILES string of the molecule is Cc1cnc(=O)[nH]c1N.O=P(O)(O)O. The van der Waals surface area contributed by atoms with Crippen molar-refractivity contribution in [1.29, 1.82) is 0 Å². The van der Waals surface area contributed by atoms with Gasteiger partial charge in [0, 0.05) is 11.8 Å². The van der Waals surface area contributed by atoms with Crippen molar-refractivity contribution >= 4 is 13.6 Å². The number of aryl methyl sites for hydroxylation is 1. The van der Waals surface area contributed by atoms with E-state index in [-0.39, 0.29) is 0 Å². The molecule has 0 fully saturated rings. The van der Waals surface area contributed by atoms with Crippen LogP contribution in [0.3, 0.4) is 0 Å². The summed E-state index contributed by atoms with van der Waals surface area (Å²) in [4.78, 5) is 37.8. The smallest absolute Gasteiger partial charge is 0.385 e. The Morgan fingerprint density at radius 1 is 1.50 bits per heavy atom. The molecule has 80 valence electrons. The van der Waals surface area contributed by atoms with Crippen LogP contribution in [-0.4, -0.2) is 24.6 Å². The molecule has 6 N–H and O–H groups in total. The average molecular weight is 223 g/mol. The van der Waals surface area contributed by atoms with Crippen LogP contribution in [0.1, 0.15) is 5.56 Å². The van der Waals surface area contributed by atoms with E-state index in [1.165, 1.54) is 6.20 Å². The number of nitrogens with one attached hydrogen (secondary N) is 1. The molecule has 0 bridgehead atoms. The van der Waals surface area contributed by atoms with Crippen LogP contribution in [0, 0.1) is 6.92 Å². The quantitative estimate of drug-likeness (QED) is 0.344. The van der Waals surface area contributed by atoms with Crippen LogP contribution < -0.4 is 11.4 Å². The van der Waals surface area contributed by atoms with Crippen molar-refractivity contribution in [2.45, 2.75) is 6.92 Å². The van der Waals surface area contributed by atoms with E-state index in [4.69, 9.17) is 25.0 Å². The molecule has 14 heavy (non-hydrogen) atoms. The van der Waals surface area contributed by atoms with Gasteiger partial charge in [-0.3, -0.25) is 4.98 Å². The summed E-state index contributed by atoms with van der Waals surface area (Å²) in [5.74, 6) is 0.384. The first-order valence-electron chi connectivity index (χ1n) is 3.30. The molecular formula is C5H10N3O5P. The summed E-state index contributed by atoms with van der Waals surface area (Å²) in [6, 6.07) is 0. The van der Waals surface area contributed by atoms with E-state index in [1.54, 1.807) is 6.92 Å². The molecule has 0 saturated heterocycles. The van der Waals surface area contributed by atoms with Gasteiger partial charge in [0.15, 0.2) is 0 Å². The minimum atomic E-state index is -4.64. The molecule has 0 radical (unpaired) electrons. The number of rotatable bonds is 0. The second kappa shape index (κ2) is 4.87. The predicted octanol–water partition coefficient (Wildman–Crippen LogP) is -1.27. The van der Waals surface area contributed by atoms with Crippen molar-refractivity contribution in [3.63, 3.8) is 0 Å². The highest BCUT2D eigenvalue weighted by Crippen LogP contribution is 2.25. The number of phosphoric acid groups is 1. The molecule has 0 aliphatic rings. The molecule has 8 nitrogen and oxygen atoms in total. The molecule has 0 aliphatic carbocycles. The molecule has 0 saturated carbocycles. The molecule has 0 aliphatic heterocycles. The predicted molar refractivity (Wildman–Crippen MR) is 48.3 cm³/mol. The molecule has 9 heteroatoms. The topological polar surface area (TPSA) is 150 Å². The average Bonchev–Trinajstić information content (AvgIpc) is 1.94. The summed E-state index contributed by atoms with van der Waals surface area (Å²) in [5.41, 5.74) is 5.71. The number of aromatic nitrogens is 2. The Hall–Kier alpha value is -1.21. The lowest BCUT2D eigenvalue weighted by Gasteiger charge is -1.93. The molecule has 0 unspecified atom stereocenters. The Balaban J connectivity index is 0.000000292. The fourth-order valence-electron chi connectivity index (χ4n) is 0.471. The maximum atomic E-state index is 10.4. The molecule has 0 amide bonds. The Morgan fingerprint density at radius 2 is 1.93 bits per heavy atom. The lowest BCUT2D eigenvalue weighted by atomic mass is 10.4. The van der Waals surface area contributed by atoms with E-state index in [0.29, 0.717) is 5.82 Å². The number of hydrogen-bond acceptors (Lipinski definition) is 4. The summed E-state index contributed by atoms with van der Waals surface area (Å²) in [5, 5.41) is 0. The Bertz CT molecular complexity index is 388. The maximum Gasteiger partial charge on any atom is 0.466 e. The number of nitrogen functional groups attached to an aromatic ring is 1. The minimum absolute atomic E-state index is 0.384. The van der Waals surface area contributed by atoms with Crippen molar-refractivity contribution in [3.8, 4) is 0 Å². The van der Waals surface area contributed by atoms with E-state index < -0.39 is 13.5 Å². The van der Waals surface area contributed by atoms with Crippen LogP contribution in [-0.2, 0) is 4.57 Å². The van der Waals surface area contributed by atoms with Crippen molar-refractivity contribution in [2.24, 2.45) is 0 Å². The van der Waals surface area contributed by atoms with E-state index >= 15 is 0 Å². The second-order valence-electron chi connectivity index (χ2n) is 2.30. The summed E-state index contributed by atoms with van der Waals surface area (Å²) in [6.07, 6.45) is 1.44. The Kier molecular flexibility index (Phi) is 4.45. The number of nitrogens with zero attached hydrogens (tertiary/aromatic N) is 1. The standard InChI is InChI=1S/C5H7N3O.H3O4P/c1-3-2-7-5(9)8-4(3)6;1-5(2,3)4/h2H,1H3,(H3,6,7,8,9);(H3,1,2,3,4). The number of nitrogens with two attached hydrogens (primary N) is 1. The molecule has 0 aromatic carbocycles. The molecule has 0 atom stereocenters. The van der Waals surface area contributed by atoms with Gasteiger partial charge in [0.2, 0.25) is 0 Å². The minimum Gasteiger partial charge on any atom is -0.385 e. The van der Waals surface area contributed by atoms with Gasteiger partial charge in [-0.15, -0.1) is 0 Å². The van der Waals surface area contributed by atoms with Gasteiger partial charge >= 0.3 is 13.5 Å². The summed E-state index contributed by atoms with van der Waals surface area (Å²) in [7, 11) is -4.64. The third-order valence-corrected chi connectivity index (χ3v) is 1.04. The van der Waals surface area contributed by atoms with Gasteiger partial charge in [0.1, 0.15) is 5.82 Å². The lowest BCUT2D eigenvalue weighted by Crippen LogP contribution is -2.12. The van der Waals surface area contributed by atoms with Crippen LogP contribution in [0.15, 0.2) is 11.0 Å². The zero-order valence-corrected chi connectivity index (χ0v) is 8.10. The maximum absolute atomic E-state index is 10.4. The first kappa shape index (κ1) is 12.8. The van der Waals surface area contributed by atoms with Gasteiger partial charge in [-0.1, -0.05) is 0 Å². The molecule has 0 spiro atoms. The highest BCUT2D eigenvalue weighted by Gasteiger charge is 2.00. The fraction of sp³-hybridized carbons (Fsp3) is 0.200. The van der Waals surface area contributed by atoms with Crippen LogP contribution in [0.4, 0.5) is 5.82 Å². The lowest BCUT2D eigenvalue weighted by molar-refractivity contribution is 0.275. The van der Waals surface area contributed by atoms with Gasteiger partial charge in [0.25, 0.3) is 0 Å². The van der Waals surface area contributed by atoms with Gasteiger partial charge in [-0.05, 0) is 6.92 Å². The van der Waals surface area contributed by atoms with Gasteiger partial charge < -0.3 is 20.4 Å². The Morgan fingerprint density at radius 3 is 2.21 bits per heavy atom. The molecule has 1 heterocycles. The summed E-state index contributed by atoms with van der Waals surface area (Å²) < 4.78 is 8.88. The monoisotopic (exact) mass is 223 g/mol. The highest BCUT2D eigenvalue weighted by atomic mass is 31.2. The number of aromatic amines is 1. The van der Waals surface area contributed by atoms with E-state index in [0.717, 1.165) is 5.56 Å². The largest absolute Gasteiger partial charge is 0.466 e. The first-order chi connectivity index (χ1) is 6.20. The zero-order valence-electron chi connectivity index (χ0n) is 7.21. The summed E-state index contributed by atoms with van der Waals surface area (Å²) >= 11 is 0. The van der Waals surface area contributed by atoms with Crippen molar-refractivity contribution in [3.05, 3.63) is 22.2 Å². The Labute approximate surface area is 78.7 Å². The third-order valence-electron chi connectivity index (χ3n) is 1.04. The van der Waals surface area contributed by atoms with Gasteiger partial charge in [0.05, 0.1) is 0 Å². The van der Waals surface area contributed by atoms with Crippen LogP contribution in [0.2, 0.25) is 0 Å². The number of H-pyrrole nitrogens is 1. The third kappa shape index (κ3) is 7.44. The van der Waals surface area contributed by atoms with Gasteiger partial charge in [-0.25, -0.2) is 14.3 Å². The van der Waals surface area contributed by atoms with Crippen LogP contribution in [0.25, 0.3) is 0 Å². The normalized spacial score (nSPS) is 10.3. The van der Waals surface area contributed by atoms with E-state index in [9.17, 15) is 4.79 Å². The van der Waals surface area contributed by atoms with Crippen molar-refractivity contribution < 1.29 is 19.2 Å². The molecule has 1 rings (SSSR count). The van der Waals surface area contributed by atoms with Crippen molar-refractivity contribution in [1.82, 2.24) is 9.97 Å². The first-order valence-corrected chi connectivity index (χ1v) is 4.86. The molecular weight excluding hydrogens is 213 g/mol. The highest BCUT2D eigenvalue weighted by molar-refractivity contribution is 7.45. The number of hydrogen-bond donors (Lipinski definition) is 5. The van der Waals surface area contributed by atoms with Crippen molar-refractivity contribution in [2.75, 3.05) is 5.73 Å². The zero-order chi connectivity index (χ0) is 11.4. The van der Waals surface area contributed by atoms with Gasteiger partial charge in [-0.2, -0.15) is 0 Å². The second-order valence-corrected chi connectivity index (χ2v) is 3.32. The molecule has 1 aromatic rings. The fourth-order valence-corrected chi connectivity index (χ4v) is 0.471. The number of anilines is 1.